The fourth-order valence-corrected chi connectivity index (χ4v) is 2.67. The molecule has 0 unspecified atom stereocenters. The monoisotopic (exact) mass is 473 g/mol. The van der Waals surface area contributed by atoms with Gasteiger partial charge in [0, 0.05) is 25.1 Å². The molecule has 1 heterocycles. The van der Waals surface area contributed by atoms with Crippen LogP contribution in [0.15, 0.2) is 17.1 Å². The largest absolute Gasteiger partial charge is 1.00 e. The Morgan fingerprint density at radius 2 is 2.00 bits per heavy atom. The van der Waals surface area contributed by atoms with Crippen LogP contribution in [-0.2, 0) is 21.2 Å². The summed E-state index contributed by atoms with van der Waals surface area (Å²) in [5.74, 6) is -2.12. The zero-order chi connectivity index (χ0) is 15.7. The number of hydrogen-bond donors (Lipinski definition) is 1. The Morgan fingerprint density at radius 1 is 1.50 bits per heavy atom. The van der Waals surface area contributed by atoms with Crippen LogP contribution >= 0.6 is 22.6 Å². The van der Waals surface area contributed by atoms with Gasteiger partial charge in [-0.2, -0.15) is 0 Å². The van der Waals surface area contributed by atoms with E-state index in [9.17, 15) is 22.4 Å². The first-order valence-corrected chi connectivity index (χ1v) is 8.44. The molecule has 0 bridgehead atoms. The van der Waals surface area contributed by atoms with Gasteiger partial charge in [0.05, 0.1) is 3.57 Å². The van der Waals surface area contributed by atoms with Crippen molar-refractivity contribution in [1.29, 1.82) is 0 Å². The molecule has 0 aromatic carbocycles. The van der Waals surface area contributed by atoms with Gasteiger partial charge >= 0.3 is 57.4 Å². The third-order valence-corrected chi connectivity index (χ3v) is 5.97. The Hall–Kier alpha value is 0.626. The van der Waals surface area contributed by atoms with E-state index in [4.69, 9.17) is 5.11 Å². The van der Waals surface area contributed by atoms with Crippen LogP contribution in [0.3, 0.4) is 0 Å². The molecule has 0 saturated carbocycles. The van der Waals surface area contributed by atoms with Crippen LogP contribution in [-0.4, -0.2) is 40.5 Å². The molecule has 120 valence electrons. The zero-order valence-corrected chi connectivity index (χ0v) is 18.3. The quantitative estimate of drug-likeness (QED) is 0.379. The van der Waals surface area contributed by atoms with Crippen LogP contribution in [0.1, 0.15) is 13.3 Å². The van der Waals surface area contributed by atoms with E-state index in [1.165, 1.54) is 0 Å². The summed E-state index contributed by atoms with van der Waals surface area (Å²) < 4.78 is 35.6. The average Bonchev–Trinajstić information content (AvgIpc) is 2.29. The number of aromatic nitrogens is 1. The molecule has 1 atom stereocenters. The van der Waals surface area contributed by atoms with E-state index in [1.807, 2.05) is 0 Å². The van der Waals surface area contributed by atoms with E-state index >= 15 is 0 Å². The second kappa shape index (κ2) is 9.20. The summed E-state index contributed by atoms with van der Waals surface area (Å²) in [5, 5.41) is 9.07. The average molecular weight is 473 g/mol. The number of carboxylic acids is 1. The number of pyridine rings is 1. The standard InChI is InChI=1S/C11H13FINO5S.K.H2O/c1-11(10(16)17,20(2,18)19)3-4-14-6-7(12)8(13)5-9(14)15;;/h5-6H,3-4H2,1-2H3,(H,16,17);;1H2/q;+1;/p-1/t11-;;/m1../s1. The van der Waals surface area contributed by atoms with Crippen LogP contribution < -0.4 is 56.9 Å². The van der Waals surface area contributed by atoms with Crippen molar-refractivity contribution in [2.24, 2.45) is 0 Å². The number of aliphatic carboxylic acids is 1. The van der Waals surface area contributed by atoms with Crippen LogP contribution in [0, 0.1) is 9.39 Å². The molecule has 2 N–H and O–H groups in total. The van der Waals surface area contributed by atoms with Gasteiger partial charge in [-0.05, 0) is 35.9 Å². The molecular formula is C11H14FIKNO6S. The van der Waals surface area contributed by atoms with Crippen LogP contribution in [0.25, 0.3) is 0 Å². The van der Waals surface area contributed by atoms with Gasteiger partial charge in [0.15, 0.2) is 20.4 Å². The van der Waals surface area contributed by atoms with Crippen LogP contribution in [0.2, 0.25) is 0 Å². The van der Waals surface area contributed by atoms with Crippen LogP contribution in [0.5, 0.6) is 0 Å². The number of nitrogens with zero attached hydrogens (tertiary/aromatic N) is 1. The second-order valence-corrected chi connectivity index (χ2v) is 8.17. The summed E-state index contributed by atoms with van der Waals surface area (Å²) in [4.78, 5) is 22.8. The summed E-state index contributed by atoms with van der Waals surface area (Å²) in [6.45, 7) is 0.862. The minimum absolute atomic E-state index is 0. The minimum atomic E-state index is -3.88. The first-order valence-electron chi connectivity index (χ1n) is 5.47. The molecular weight excluding hydrogens is 459 g/mol. The first kappa shape index (κ1) is 24.9. The number of halogens is 2. The van der Waals surface area contributed by atoms with E-state index in [0.29, 0.717) is 0 Å². The van der Waals surface area contributed by atoms with Crippen LogP contribution in [0.4, 0.5) is 4.39 Å². The molecule has 1 aromatic rings. The molecule has 0 fully saturated rings. The first-order chi connectivity index (χ1) is 8.99. The second-order valence-electron chi connectivity index (χ2n) is 4.56. The smallest absolute Gasteiger partial charge is 0.870 e. The van der Waals surface area contributed by atoms with Crippen molar-refractivity contribution < 1.29 is 79.6 Å². The third-order valence-electron chi connectivity index (χ3n) is 3.13. The predicted octanol–water partition coefficient (Wildman–Crippen LogP) is -2.30. The molecule has 0 aliphatic heterocycles. The Kier molecular flexibility index (Phi) is 10.4. The van der Waals surface area contributed by atoms with Crippen molar-refractivity contribution in [3.05, 3.63) is 32.0 Å². The van der Waals surface area contributed by atoms with Crippen molar-refractivity contribution in [1.82, 2.24) is 4.57 Å². The number of rotatable bonds is 5. The van der Waals surface area contributed by atoms with Gasteiger partial charge in [-0.15, -0.1) is 0 Å². The van der Waals surface area contributed by atoms with Gasteiger partial charge in [-0.1, -0.05) is 0 Å². The Morgan fingerprint density at radius 3 is 2.41 bits per heavy atom. The van der Waals surface area contributed by atoms with Crippen molar-refractivity contribution in [2.45, 2.75) is 24.6 Å². The molecule has 22 heavy (non-hydrogen) atoms. The van der Waals surface area contributed by atoms with Gasteiger partial charge in [0.25, 0.3) is 5.56 Å². The van der Waals surface area contributed by atoms with E-state index in [1.54, 1.807) is 22.6 Å². The Labute approximate surface area is 183 Å². The summed E-state index contributed by atoms with van der Waals surface area (Å²) in [6, 6.07) is 1.06. The van der Waals surface area contributed by atoms with Crippen molar-refractivity contribution in [3.63, 3.8) is 0 Å². The summed E-state index contributed by atoms with van der Waals surface area (Å²) in [5.41, 5.74) is -0.517. The number of hydrogen-bond acceptors (Lipinski definition) is 5. The molecule has 0 radical (unpaired) electrons. The number of carbonyl (C=O) groups is 1. The molecule has 11 heteroatoms. The maximum atomic E-state index is 13.4. The van der Waals surface area contributed by atoms with Gasteiger partial charge < -0.3 is 15.1 Å². The SMILES string of the molecule is C[C@@](CCn1cc(F)c(I)cc1=O)(C(=O)O)S(C)(=O)=O.[K+].[OH-]. The van der Waals surface area contributed by atoms with Gasteiger partial charge in [0.2, 0.25) is 0 Å². The van der Waals surface area contributed by atoms with Gasteiger partial charge in [-0.25, -0.2) is 12.8 Å². The topological polar surface area (TPSA) is 123 Å². The van der Waals surface area contributed by atoms with Crippen molar-refractivity contribution in [2.75, 3.05) is 6.26 Å². The summed E-state index contributed by atoms with van der Waals surface area (Å²) in [6.07, 6.45) is 1.42. The molecule has 0 aliphatic carbocycles. The number of sulfone groups is 1. The van der Waals surface area contributed by atoms with Gasteiger partial charge in [0.1, 0.15) is 0 Å². The van der Waals surface area contributed by atoms with Crippen molar-refractivity contribution >= 4 is 38.4 Å². The molecule has 1 aromatic heterocycles. The zero-order valence-electron chi connectivity index (χ0n) is 12.2. The molecule has 0 spiro atoms. The predicted molar refractivity (Wildman–Crippen MR) is 80.8 cm³/mol. The molecule has 7 nitrogen and oxygen atoms in total. The summed E-state index contributed by atoms with van der Waals surface area (Å²) >= 11 is 1.66. The van der Waals surface area contributed by atoms with Gasteiger partial charge in [-0.3, -0.25) is 9.59 Å². The molecule has 1 rings (SSSR count). The maximum Gasteiger partial charge on any atom is 1.00 e. The Bertz CT molecular complexity index is 707. The van der Waals surface area contributed by atoms with E-state index in [0.717, 1.165) is 30.0 Å². The maximum absolute atomic E-state index is 13.4. The minimum Gasteiger partial charge on any atom is -0.870 e. The number of aryl methyl sites for hydroxylation is 1. The Balaban J connectivity index is 0. The molecule has 0 aliphatic rings. The molecule has 0 amide bonds. The van der Waals surface area contributed by atoms with E-state index < -0.39 is 31.9 Å². The molecule has 0 saturated heterocycles. The van der Waals surface area contributed by atoms with E-state index in [2.05, 4.69) is 0 Å². The van der Waals surface area contributed by atoms with Crippen molar-refractivity contribution in [3.8, 4) is 0 Å². The summed E-state index contributed by atoms with van der Waals surface area (Å²) in [7, 11) is -3.88. The number of carboxylic acid groups (broad SMARTS) is 1. The fourth-order valence-electron chi connectivity index (χ4n) is 1.48. The van der Waals surface area contributed by atoms with E-state index in [-0.39, 0.29) is 73.4 Å². The fraction of sp³-hybridized carbons (Fsp3) is 0.455. The third kappa shape index (κ3) is 5.61. The normalized spacial score (nSPS) is 13.5.